The van der Waals surface area contributed by atoms with Crippen LogP contribution in [0.15, 0.2) is 22.6 Å². The highest BCUT2D eigenvalue weighted by Gasteiger charge is 2.32. The molecular formula is C13H11ClO2. The summed E-state index contributed by atoms with van der Waals surface area (Å²) < 4.78 is 5.61. The third-order valence-corrected chi connectivity index (χ3v) is 3.18. The number of furan rings is 1. The predicted octanol–water partition coefficient (Wildman–Crippen LogP) is 3.99. The molecule has 1 aliphatic carbocycles. The number of ketones is 1. The van der Waals surface area contributed by atoms with E-state index in [2.05, 4.69) is 0 Å². The number of rotatable bonds is 2. The van der Waals surface area contributed by atoms with Crippen molar-refractivity contribution in [3.05, 3.63) is 34.5 Å². The van der Waals surface area contributed by atoms with Gasteiger partial charge in [0.15, 0.2) is 5.76 Å². The fraction of sp³-hybridized carbons (Fsp3) is 0.308. The van der Waals surface area contributed by atoms with Crippen LogP contribution in [-0.2, 0) is 0 Å². The predicted molar refractivity (Wildman–Crippen MR) is 63.0 cm³/mol. The summed E-state index contributed by atoms with van der Waals surface area (Å²) in [5.74, 6) is 0.797. The number of Topliss-reactive ketones (excluding diaryl/α,β-unsaturated/α-hetero) is 1. The molecule has 16 heavy (non-hydrogen) atoms. The van der Waals surface area contributed by atoms with Crippen LogP contribution in [0.4, 0.5) is 0 Å². The number of fused-ring (bicyclic) bond motifs is 1. The molecule has 1 aromatic carbocycles. The number of hydrogen-bond acceptors (Lipinski definition) is 2. The summed E-state index contributed by atoms with van der Waals surface area (Å²) in [7, 11) is 0. The summed E-state index contributed by atoms with van der Waals surface area (Å²) in [5.41, 5.74) is 1.74. The summed E-state index contributed by atoms with van der Waals surface area (Å²) >= 11 is 5.96. The number of carbonyl (C=O) groups is 1. The molecule has 1 fully saturated rings. The molecule has 0 amide bonds. The van der Waals surface area contributed by atoms with Crippen LogP contribution in [0.1, 0.15) is 29.0 Å². The van der Waals surface area contributed by atoms with Crippen LogP contribution >= 0.6 is 11.6 Å². The SMILES string of the molecule is Cc1cc(Cl)cc2cc(C(=O)C3CC3)oc12. The first-order valence-electron chi connectivity index (χ1n) is 5.39. The van der Waals surface area contributed by atoms with Gasteiger partial charge < -0.3 is 4.42 Å². The Morgan fingerprint density at radius 1 is 1.38 bits per heavy atom. The average molecular weight is 235 g/mol. The molecule has 0 atom stereocenters. The molecule has 82 valence electrons. The van der Waals surface area contributed by atoms with Crippen LogP contribution in [0.5, 0.6) is 0 Å². The molecule has 0 spiro atoms. The molecule has 2 aromatic rings. The third kappa shape index (κ3) is 1.54. The van der Waals surface area contributed by atoms with Crippen LogP contribution in [0.25, 0.3) is 11.0 Å². The minimum absolute atomic E-state index is 0.131. The summed E-state index contributed by atoms with van der Waals surface area (Å²) in [6.07, 6.45) is 1.99. The highest BCUT2D eigenvalue weighted by Crippen LogP contribution is 2.35. The standard InChI is InChI=1S/C13H11ClO2/c1-7-4-10(14)5-9-6-11(16-13(7)9)12(15)8-2-3-8/h4-6,8H,2-3H2,1H3. The second-order valence-corrected chi connectivity index (χ2v) is 4.83. The molecule has 0 unspecified atom stereocenters. The molecule has 3 rings (SSSR count). The summed E-state index contributed by atoms with van der Waals surface area (Å²) in [5, 5.41) is 1.59. The van der Waals surface area contributed by atoms with Crippen molar-refractivity contribution in [2.75, 3.05) is 0 Å². The highest BCUT2D eigenvalue weighted by atomic mass is 35.5. The lowest BCUT2D eigenvalue weighted by Crippen LogP contribution is -1.98. The Labute approximate surface area is 98.2 Å². The normalized spacial score (nSPS) is 15.6. The molecule has 1 aliphatic rings. The maximum absolute atomic E-state index is 11.8. The maximum Gasteiger partial charge on any atom is 0.201 e. The first kappa shape index (κ1) is 9.91. The zero-order valence-electron chi connectivity index (χ0n) is 8.92. The van der Waals surface area contributed by atoms with Gasteiger partial charge in [-0.05, 0) is 43.5 Å². The zero-order valence-corrected chi connectivity index (χ0v) is 9.67. The van der Waals surface area contributed by atoms with Gasteiger partial charge in [0.25, 0.3) is 0 Å². The first-order valence-corrected chi connectivity index (χ1v) is 5.77. The van der Waals surface area contributed by atoms with Gasteiger partial charge in [-0.25, -0.2) is 0 Å². The molecule has 1 saturated carbocycles. The maximum atomic E-state index is 11.8. The van der Waals surface area contributed by atoms with Gasteiger partial charge in [0.05, 0.1) is 0 Å². The summed E-state index contributed by atoms with van der Waals surface area (Å²) in [6.45, 7) is 1.93. The Morgan fingerprint density at radius 2 is 2.12 bits per heavy atom. The Hall–Kier alpha value is -1.28. The van der Waals surface area contributed by atoms with E-state index in [0.717, 1.165) is 29.4 Å². The van der Waals surface area contributed by atoms with Gasteiger partial charge in [-0.2, -0.15) is 0 Å². The minimum atomic E-state index is 0.131. The van der Waals surface area contributed by atoms with Crippen molar-refractivity contribution in [1.82, 2.24) is 0 Å². The average Bonchev–Trinajstić information content (AvgIpc) is 2.97. The van der Waals surface area contributed by atoms with Crippen LogP contribution in [-0.4, -0.2) is 5.78 Å². The number of hydrogen-bond donors (Lipinski definition) is 0. The monoisotopic (exact) mass is 234 g/mol. The summed E-state index contributed by atoms with van der Waals surface area (Å²) in [4.78, 5) is 11.8. The first-order chi connectivity index (χ1) is 7.65. The molecule has 1 heterocycles. The highest BCUT2D eigenvalue weighted by molar-refractivity contribution is 6.31. The van der Waals surface area contributed by atoms with Crippen LogP contribution in [0.3, 0.4) is 0 Å². The topological polar surface area (TPSA) is 30.2 Å². The van der Waals surface area contributed by atoms with E-state index in [1.807, 2.05) is 19.1 Å². The van der Waals surface area contributed by atoms with E-state index in [0.29, 0.717) is 10.8 Å². The molecule has 0 aliphatic heterocycles. The van der Waals surface area contributed by atoms with E-state index in [1.165, 1.54) is 0 Å². The molecule has 0 bridgehead atoms. The van der Waals surface area contributed by atoms with Crippen molar-refractivity contribution in [3.63, 3.8) is 0 Å². The molecule has 0 radical (unpaired) electrons. The fourth-order valence-corrected chi connectivity index (χ4v) is 2.23. The van der Waals surface area contributed by atoms with Crippen LogP contribution < -0.4 is 0 Å². The van der Waals surface area contributed by atoms with Crippen molar-refractivity contribution < 1.29 is 9.21 Å². The van der Waals surface area contributed by atoms with Crippen molar-refractivity contribution in [3.8, 4) is 0 Å². The van der Waals surface area contributed by atoms with Crippen LogP contribution in [0, 0.1) is 12.8 Å². The Bertz CT molecular complexity index is 579. The third-order valence-electron chi connectivity index (χ3n) is 2.96. The van der Waals surface area contributed by atoms with E-state index >= 15 is 0 Å². The number of benzene rings is 1. The van der Waals surface area contributed by atoms with Gasteiger partial charge in [0.1, 0.15) is 5.58 Å². The van der Waals surface area contributed by atoms with E-state index in [1.54, 1.807) is 6.07 Å². The molecular weight excluding hydrogens is 224 g/mol. The lowest BCUT2D eigenvalue weighted by atomic mass is 10.1. The Kier molecular flexibility index (Phi) is 2.08. The fourth-order valence-electron chi connectivity index (χ4n) is 1.95. The Balaban J connectivity index is 2.14. The molecule has 0 N–H and O–H groups in total. The largest absolute Gasteiger partial charge is 0.453 e. The van der Waals surface area contributed by atoms with E-state index in [-0.39, 0.29) is 11.7 Å². The Morgan fingerprint density at radius 3 is 2.81 bits per heavy atom. The molecule has 2 nitrogen and oxygen atoms in total. The number of carbonyl (C=O) groups excluding carboxylic acids is 1. The quantitative estimate of drug-likeness (QED) is 0.736. The van der Waals surface area contributed by atoms with Crippen molar-refractivity contribution in [1.29, 1.82) is 0 Å². The van der Waals surface area contributed by atoms with E-state index < -0.39 is 0 Å². The van der Waals surface area contributed by atoms with Crippen LogP contribution in [0.2, 0.25) is 5.02 Å². The lowest BCUT2D eigenvalue weighted by Gasteiger charge is -1.95. The number of halogens is 1. The smallest absolute Gasteiger partial charge is 0.201 e. The van der Waals surface area contributed by atoms with Crippen molar-refractivity contribution in [2.45, 2.75) is 19.8 Å². The van der Waals surface area contributed by atoms with E-state index in [9.17, 15) is 4.79 Å². The molecule has 0 saturated heterocycles. The van der Waals surface area contributed by atoms with Gasteiger partial charge in [0, 0.05) is 16.3 Å². The van der Waals surface area contributed by atoms with Gasteiger partial charge >= 0.3 is 0 Å². The number of aryl methyl sites for hydroxylation is 1. The lowest BCUT2D eigenvalue weighted by molar-refractivity contribution is 0.0942. The van der Waals surface area contributed by atoms with Gasteiger partial charge in [-0.15, -0.1) is 0 Å². The van der Waals surface area contributed by atoms with Gasteiger partial charge in [0.2, 0.25) is 5.78 Å². The molecule has 1 aromatic heterocycles. The minimum Gasteiger partial charge on any atom is -0.453 e. The van der Waals surface area contributed by atoms with Gasteiger partial charge in [-0.3, -0.25) is 4.79 Å². The second kappa shape index (κ2) is 3.36. The zero-order chi connectivity index (χ0) is 11.3. The molecule has 3 heteroatoms. The van der Waals surface area contributed by atoms with Crippen molar-refractivity contribution in [2.24, 2.45) is 5.92 Å². The summed E-state index contributed by atoms with van der Waals surface area (Å²) in [6, 6.07) is 5.48. The second-order valence-electron chi connectivity index (χ2n) is 4.39. The van der Waals surface area contributed by atoms with E-state index in [4.69, 9.17) is 16.0 Å². The van der Waals surface area contributed by atoms with Crippen molar-refractivity contribution >= 4 is 28.4 Å². The van der Waals surface area contributed by atoms with Gasteiger partial charge in [-0.1, -0.05) is 11.6 Å².